The maximum Gasteiger partial charge on any atom is 0.416 e. The Hall–Kier alpha value is -4.42. The summed E-state index contributed by atoms with van der Waals surface area (Å²) in [4.78, 5) is 52.3. The van der Waals surface area contributed by atoms with Gasteiger partial charge in [-0.2, -0.15) is 13.2 Å². The van der Waals surface area contributed by atoms with Gasteiger partial charge in [-0.05, 0) is 43.0 Å². The summed E-state index contributed by atoms with van der Waals surface area (Å²) in [5, 5.41) is 0. The van der Waals surface area contributed by atoms with Crippen LogP contribution in [0.15, 0.2) is 50.9 Å². The minimum absolute atomic E-state index is 0.0292. The van der Waals surface area contributed by atoms with E-state index in [-0.39, 0.29) is 47.3 Å². The van der Waals surface area contributed by atoms with Gasteiger partial charge in [0, 0.05) is 26.4 Å². The average Bonchev–Trinajstić information content (AvgIpc) is 3.39. The Morgan fingerprint density at radius 2 is 1.72 bits per heavy atom. The molecule has 0 fully saturated rings. The first kappa shape index (κ1) is 26.2. The predicted molar refractivity (Wildman–Crippen MR) is 132 cm³/mol. The minimum Gasteiger partial charge on any atom is -0.462 e. The highest BCUT2D eigenvalue weighted by atomic mass is 19.4. The highest BCUT2D eigenvalue weighted by molar-refractivity contribution is 5.88. The number of imidazole rings is 1. The molecule has 39 heavy (non-hydrogen) atoms. The Morgan fingerprint density at radius 3 is 2.36 bits per heavy atom. The minimum atomic E-state index is -4.65. The van der Waals surface area contributed by atoms with E-state index in [9.17, 15) is 32.3 Å². The molecule has 0 saturated carbocycles. The number of carbonyl (C=O) groups is 1. The second-order valence-corrected chi connectivity index (χ2v) is 9.21. The van der Waals surface area contributed by atoms with Crippen LogP contribution >= 0.6 is 0 Å². The first-order valence-corrected chi connectivity index (χ1v) is 12.0. The van der Waals surface area contributed by atoms with Gasteiger partial charge in [-0.15, -0.1) is 0 Å². The van der Waals surface area contributed by atoms with Gasteiger partial charge in [0.05, 0.1) is 34.9 Å². The van der Waals surface area contributed by atoms with Crippen LogP contribution in [0.5, 0.6) is 0 Å². The van der Waals surface area contributed by atoms with Crippen molar-refractivity contribution in [2.45, 2.75) is 32.0 Å². The SMILES string of the molecule is CCOC(=O)c1cn(-c2cc3c(cc2F)n(C)c(=O)n3C)c(=O)n(C2CCc3c2cccc3C(F)(F)F)c1=O. The van der Waals surface area contributed by atoms with Crippen molar-refractivity contribution in [2.24, 2.45) is 14.1 Å². The zero-order valence-corrected chi connectivity index (χ0v) is 21.0. The highest BCUT2D eigenvalue weighted by Crippen LogP contribution is 2.41. The standard InChI is InChI=1S/C26H22F4N4O5/c1-4-39-23(36)15-12-33(19-11-21-20(10-17(19)27)31(2)24(37)32(21)3)25(38)34(22(15)35)18-9-8-13-14(18)6-5-7-16(13)26(28,29)30/h5-7,10-12,18H,4,8-9H2,1-3H3. The molecule has 1 aliphatic carbocycles. The van der Waals surface area contributed by atoms with Crippen molar-refractivity contribution in [3.63, 3.8) is 0 Å². The third kappa shape index (κ3) is 3.99. The van der Waals surface area contributed by atoms with Crippen LogP contribution in [0, 0.1) is 5.82 Å². The molecule has 0 bridgehead atoms. The Morgan fingerprint density at radius 1 is 1.05 bits per heavy atom. The summed E-state index contributed by atoms with van der Waals surface area (Å²) < 4.78 is 65.2. The summed E-state index contributed by atoms with van der Waals surface area (Å²) >= 11 is 0. The molecule has 0 amide bonds. The van der Waals surface area contributed by atoms with Crippen LogP contribution in [0.3, 0.4) is 0 Å². The number of hydrogen-bond donors (Lipinski definition) is 0. The van der Waals surface area contributed by atoms with Crippen LogP contribution in [0.2, 0.25) is 0 Å². The Balaban J connectivity index is 1.81. The molecule has 2 aromatic carbocycles. The maximum atomic E-state index is 15.4. The van der Waals surface area contributed by atoms with Gasteiger partial charge in [0.1, 0.15) is 11.4 Å². The number of ether oxygens (including phenoxy) is 1. The van der Waals surface area contributed by atoms with Crippen molar-refractivity contribution in [2.75, 3.05) is 6.61 Å². The normalized spacial score (nSPS) is 15.1. The molecule has 5 rings (SSSR count). The number of esters is 1. The summed E-state index contributed by atoms with van der Waals surface area (Å²) in [6.45, 7) is 1.40. The molecule has 0 radical (unpaired) electrons. The van der Waals surface area contributed by atoms with Crippen molar-refractivity contribution >= 4 is 17.0 Å². The molecular formula is C26H22F4N4O5. The van der Waals surface area contributed by atoms with Gasteiger partial charge in [-0.25, -0.2) is 18.8 Å². The zero-order chi connectivity index (χ0) is 28.4. The number of rotatable bonds is 4. The van der Waals surface area contributed by atoms with Crippen molar-refractivity contribution in [3.8, 4) is 5.69 Å². The summed E-state index contributed by atoms with van der Waals surface area (Å²) in [6.07, 6.45) is -3.90. The first-order chi connectivity index (χ1) is 18.4. The lowest BCUT2D eigenvalue weighted by Crippen LogP contribution is -2.44. The molecule has 2 heterocycles. The van der Waals surface area contributed by atoms with Gasteiger partial charge in [0.15, 0.2) is 0 Å². The van der Waals surface area contributed by atoms with Gasteiger partial charge in [0.25, 0.3) is 5.56 Å². The summed E-state index contributed by atoms with van der Waals surface area (Å²) in [6, 6.07) is 4.62. The van der Waals surface area contributed by atoms with E-state index in [1.54, 1.807) is 0 Å². The number of halogens is 4. The number of aryl methyl sites for hydroxylation is 2. The molecule has 9 nitrogen and oxygen atoms in total. The van der Waals surface area contributed by atoms with E-state index in [1.165, 1.54) is 48.4 Å². The number of benzene rings is 2. The molecule has 1 atom stereocenters. The quantitative estimate of drug-likeness (QED) is 0.290. The number of aromatic nitrogens is 4. The van der Waals surface area contributed by atoms with Crippen molar-refractivity contribution in [1.29, 1.82) is 0 Å². The monoisotopic (exact) mass is 546 g/mol. The first-order valence-electron chi connectivity index (χ1n) is 12.0. The fraction of sp³-hybridized carbons (Fsp3) is 0.308. The third-order valence-corrected chi connectivity index (χ3v) is 7.07. The fourth-order valence-corrected chi connectivity index (χ4v) is 5.23. The third-order valence-electron chi connectivity index (χ3n) is 7.07. The van der Waals surface area contributed by atoms with Crippen LogP contribution in [0.25, 0.3) is 16.7 Å². The number of hydrogen-bond acceptors (Lipinski definition) is 5. The van der Waals surface area contributed by atoms with Crippen molar-refractivity contribution < 1.29 is 27.1 Å². The number of carbonyl (C=O) groups excluding carboxylic acids is 1. The predicted octanol–water partition coefficient (Wildman–Crippen LogP) is 3.06. The molecule has 13 heteroatoms. The van der Waals surface area contributed by atoms with E-state index < -0.39 is 52.1 Å². The Bertz CT molecular complexity index is 1840. The molecule has 1 aliphatic rings. The van der Waals surface area contributed by atoms with E-state index in [0.29, 0.717) is 4.57 Å². The lowest BCUT2D eigenvalue weighted by molar-refractivity contribution is -0.138. The second-order valence-electron chi connectivity index (χ2n) is 9.21. The fourth-order valence-electron chi connectivity index (χ4n) is 5.23. The number of alkyl halides is 3. The van der Waals surface area contributed by atoms with Gasteiger partial charge in [-0.1, -0.05) is 12.1 Å². The zero-order valence-electron chi connectivity index (χ0n) is 21.0. The summed E-state index contributed by atoms with van der Waals surface area (Å²) in [5.74, 6) is -2.02. The molecule has 0 spiro atoms. The van der Waals surface area contributed by atoms with E-state index in [1.807, 2.05) is 0 Å². The summed E-state index contributed by atoms with van der Waals surface area (Å²) in [5.41, 5.74) is -3.87. The van der Waals surface area contributed by atoms with E-state index >= 15 is 4.39 Å². The van der Waals surface area contributed by atoms with Crippen molar-refractivity contribution in [3.05, 3.63) is 95.9 Å². The van der Waals surface area contributed by atoms with Gasteiger partial charge in [-0.3, -0.25) is 23.1 Å². The maximum absolute atomic E-state index is 15.4. The topological polar surface area (TPSA) is 97.2 Å². The van der Waals surface area contributed by atoms with Crippen LogP contribution < -0.4 is 16.9 Å². The van der Waals surface area contributed by atoms with Gasteiger partial charge < -0.3 is 4.74 Å². The smallest absolute Gasteiger partial charge is 0.416 e. The number of fused-ring (bicyclic) bond motifs is 2. The van der Waals surface area contributed by atoms with Crippen LogP contribution in [0.1, 0.15) is 46.4 Å². The van der Waals surface area contributed by atoms with Crippen molar-refractivity contribution in [1.82, 2.24) is 18.3 Å². The molecule has 0 aliphatic heterocycles. The molecular weight excluding hydrogens is 524 g/mol. The van der Waals surface area contributed by atoms with Gasteiger partial charge >= 0.3 is 23.5 Å². The molecule has 0 saturated heterocycles. The Labute approximate surface area is 217 Å². The Kier molecular flexibility index (Phi) is 6.11. The number of nitrogens with zero attached hydrogens (tertiary/aromatic N) is 4. The van der Waals surface area contributed by atoms with Crippen LogP contribution in [0.4, 0.5) is 17.6 Å². The van der Waals surface area contributed by atoms with Crippen LogP contribution in [-0.2, 0) is 31.4 Å². The highest BCUT2D eigenvalue weighted by Gasteiger charge is 2.39. The molecule has 0 N–H and O–H groups in total. The van der Waals surface area contributed by atoms with Crippen LogP contribution in [-0.4, -0.2) is 30.8 Å². The largest absolute Gasteiger partial charge is 0.462 e. The van der Waals surface area contributed by atoms with E-state index in [2.05, 4.69) is 0 Å². The molecule has 1 unspecified atom stereocenters. The second kappa shape index (κ2) is 9.10. The molecule has 204 valence electrons. The molecule has 2 aromatic heterocycles. The molecule has 4 aromatic rings. The average molecular weight is 546 g/mol. The van der Waals surface area contributed by atoms with Gasteiger partial charge in [0.2, 0.25) is 0 Å². The lowest BCUT2D eigenvalue weighted by Gasteiger charge is -2.19. The van der Waals surface area contributed by atoms with E-state index in [0.717, 1.165) is 22.9 Å². The summed E-state index contributed by atoms with van der Waals surface area (Å²) in [7, 11) is 2.90. The lowest BCUT2D eigenvalue weighted by atomic mass is 10.0. The van der Waals surface area contributed by atoms with E-state index in [4.69, 9.17) is 4.74 Å².